The van der Waals surface area contributed by atoms with E-state index in [1.165, 1.54) is 5.56 Å². The van der Waals surface area contributed by atoms with Crippen LogP contribution in [0.4, 0.5) is 5.82 Å². The Balaban J connectivity index is 1.51. The molecule has 0 saturated heterocycles. The molecule has 0 bridgehead atoms. The van der Waals surface area contributed by atoms with E-state index in [0.717, 1.165) is 57.1 Å². The number of hydrogen-bond acceptors (Lipinski definition) is 5. The third kappa shape index (κ3) is 4.55. The summed E-state index contributed by atoms with van der Waals surface area (Å²) in [6, 6.07) is 24.8. The predicted octanol–water partition coefficient (Wildman–Crippen LogP) is 6.07. The van der Waals surface area contributed by atoms with Gasteiger partial charge in [-0.1, -0.05) is 48.5 Å². The van der Waals surface area contributed by atoms with Crippen LogP contribution in [0.3, 0.4) is 0 Å². The van der Waals surface area contributed by atoms with Crippen molar-refractivity contribution in [2.45, 2.75) is 13.3 Å². The van der Waals surface area contributed by atoms with Crippen molar-refractivity contribution in [3.8, 4) is 28.3 Å². The van der Waals surface area contributed by atoms with Crippen molar-refractivity contribution < 1.29 is 9.47 Å². The minimum Gasteiger partial charge on any atom is -0.493 e. The lowest BCUT2D eigenvalue weighted by Gasteiger charge is -2.11. The summed E-state index contributed by atoms with van der Waals surface area (Å²) in [6.45, 7) is 2.81. The molecule has 0 saturated carbocycles. The van der Waals surface area contributed by atoms with Crippen LogP contribution in [0.15, 0.2) is 85.3 Å². The van der Waals surface area contributed by atoms with Gasteiger partial charge >= 0.3 is 0 Å². The molecule has 1 N–H and O–H groups in total. The number of anilines is 1. The molecule has 0 aliphatic carbocycles. The summed E-state index contributed by atoms with van der Waals surface area (Å²) in [6.07, 6.45) is 4.59. The molecule has 0 atom stereocenters. The fourth-order valence-corrected chi connectivity index (χ4v) is 4.37. The Hall–Kier alpha value is -4.32. The fraction of sp³-hybridized carbons (Fsp3) is 0.172. The van der Waals surface area contributed by atoms with E-state index >= 15 is 0 Å². The van der Waals surface area contributed by atoms with Crippen LogP contribution in [0.1, 0.15) is 11.1 Å². The summed E-state index contributed by atoms with van der Waals surface area (Å²) in [5, 5.41) is 4.56. The molecule has 3 aromatic carbocycles. The highest BCUT2D eigenvalue weighted by molar-refractivity contribution is 6.02. The third-order valence-corrected chi connectivity index (χ3v) is 6.10. The molecule has 0 fully saturated rings. The van der Waals surface area contributed by atoms with Gasteiger partial charge in [0, 0.05) is 24.0 Å². The van der Waals surface area contributed by atoms with Crippen molar-refractivity contribution in [3.63, 3.8) is 0 Å². The Morgan fingerprint density at radius 2 is 1.69 bits per heavy atom. The number of ether oxygens (including phenoxy) is 2. The van der Waals surface area contributed by atoms with Crippen molar-refractivity contribution >= 4 is 16.9 Å². The van der Waals surface area contributed by atoms with E-state index in [2.05, 4.69) is 87.6 Å². The second-order valence-corrected chi connectivity index (χ2v) is 8.40. The average Bonchev–Trinajstić information content (AvgIpc) is 3.30. The van der Waals surface area contributed by atoms with Crippen molar-refractivity contribution in [1.29, 1.82) is 0 Å². The first-order valence-corrected chi connectivity index (χ1v) is 11.6. The molecule has 35 heavy (non-hydrogen) atoms. The van der Waals surface area contributed by atoms with E-state index in [4.69, 9.17) is 9.47 Å². The summed E-state index contributed by atoms with van der Waals surface area (Å²) in [5.41, 5.74) is 6.53. The number of fused-ring (bicyclic) bond motifs is 1. The summed E-state index contributed by atoms with van der Waals surface area (Å²) in [4.78, 5) is 9.31. The topological polar surface area (TPSA) is 61.2 Å². The van der Waals surface area contributed by atoms with E-state index in [0.29, 0.717) is 6.54 Å². The number of aromatic nitrogens is 3. The maximum absolute atomic E-state index is 5.45. The summed E-state index contributed by atoms with van der Waals surface area (Å²) < 4.78 is 12.9. The van der Waals surface area contributed by atoms with E-state index in [9.17, 15) is 0 Å². The Labute approximate surface area is 205 Å². The van der Waals surface area contributed by atoms with Crippen LogP contribution in [-0.4, -0.2) is 35.3 Å². The lowest BCUT2D eigenvalue weighted by Crippen LogP contribution is -2.07. The first kappa shape index (κ1) is 22.5. The molecule has 5 aromatic rings. The summed E-state index contributed by atoms with van der Waals surface area (Å²) >= 11 is 0. The molecule has 0 unspecified atom stereocenters. The summed E-state index contributed by atoms with van der Waals surface area (Å²) in [7, 11) is 3.30. The van der Waals surface area contributed by atoms with Crippen LogP contribution in [0, 0.1) is 6.92 Å². The van der Waals surface area contributed by atoms with Crippen molar-refractivity contribution in [2.24, 2.45) is 0 Å². The van der Waals surface area contributed by atoms with E-state index < -0.39 is 0 Å². The number of benzene rings is 3. The lowest BCUT2D eigenvalue weighted by molar-refractivity contribution is 0.354. The van der Waals surface area contributed by atoms with Crippen LogP contribution < -0.4 is 14.8 Å². The van der Waals surface area contributed by atoms with Crippen LogP contribution in [0.25, 0.3) is 27.8 Å². The first-order valence-electron chi connectivity index (χ1n) is 11.6. The fourth-order valence-electron chi connectivity index (χ4n) is 4.37. The number of aryl methyl sites for hydroxylation is 1. The number of rotatable bonds is 8. The van der Waals surface area contributed by atoms with Gasteiger partial charge in [0.15, 0.2) is 17.1 Å². The third-order valence-electron chi connectivity index (χ3n) is 6.10. The van der Waals surface area contributed by atoms with Gasteiger partial charge in [-0.3, -0.25) is 0 Å². The minimum absolute atomic E-state index is 0.714. The normalized spacial score (nSPS) is 10.9. The number of hydrogen-bond donors (Lipinski definition) is 1. The highest BCUT2D eigenvalue weighted by Crippen LogP contribution is 2.35. The molecular formula is C29H28N4O2. The van der Waals surface area contributed by atoms with Gasteiger partial charge in [-0.25, -0.2) is 9.97 Å². The maximum Gasteiger partial charge on any atom is 0.160 e. The Kier molecular flexibility index (Phi) is 6.35. The van der Waals surface area contributed by atoms with E-state index in [1.807, 2.05) is 18.2 Å². The van der Waals surface area contributed by atoms with E-state index in [-0.39, 0.29) is 0 Å². The highest BCUT2D eigenvalue weighted by atomic mass is 16.5. The zero-order valence-electron chi connectivity index (χ0n) is 20.2. The van der Waals surface area contributed by atoms with Gasteiger partial charge < -0.3 is 19.4 Å². The average molecular weight is 465 g/mol. The predicted molar refractivity (Wildman–Crippen MR) is 141 cm³/mol. The Morgan fingerprint density at radius 1 is 0.857 bits per heavy atom. The van der Waals surface area contributed by atoms with Crippen molar-refractivity contribution in [3.05, 3.63) is 96.4 Å². The molecule has 2 aromatic heterocycles. The van der Waals surface area contributed by atoms with Gasteiger partial charge in [0.1, 0.15) is 12.1 Å². The Morgan fingerprint density at radius 3 is 2.46 bits per heavy atom. The molecule has 2 heterocycles. The smallest absolute Gasteiger partial charge is 0.160 e. The zero-order valence-corrected chi connectivity index (χ0v) is 20.2. The molecule has 5 rings (SSSR count). The monoisotopic (exact) mass is 464 g/mol. The van der Waals surface area contributed by atoms with Gasteiger partial charge in [0.05, 0.1) is 19.6 Å². The van der Waals surface area contributed by atoms with Crippen LogP contribution in [-0.2, 0) is 6.42 Å². The van der Waals surface area contributed by atoms with E-state index in [1.54, 1.807) is 20.5 Å². The van der Waals surface area contributed by atoms with Gasteiger partial charge in [0.2, 0.25) is 0 Å². The second-order valence-electron chi connectivity index (χ2n) is 8.40. The zero-order chi connectivity index (χ0) is 24.2. The van der Waals surface area contributed by atoms with Gasteiger partial charge in [0.25, 0.3) is 0 Å². The largest absolute Gasteiger partial charge is 0.493 e. The number of nitrogens with zero attached hydrogens (tertiary/aromatic N) is 3. The molecule has 0 spiro atoms. The Bertz CT molecular complexity index is 1460. The molecule has 0 aliphatic rings. The first-order chi connectivity index (χ1) is 17.2. The molecule has 176 valence electrons. The molecule has 6 nitrogen and oxygen atoms in total. The summed E-state index contributed by atoms with van der Waals surface area (Å²) in [5.74, 6) is 2.28. The van der Waals surface area contributed by atoms with Gasteiger partial charge in [-0.2, -0.15) is 0 Å². The minimum atomic E-state index is 0.714. The molecule has 6 heteroatoms. The number of methoxy groups -OCH3 is 2. The van der Waals surface area contributed by atoms with Crippen molar-refractivity contribution in [2.75, 3.05) is 26.1 Å². The maximum atomic E-state index is 5.45. The standard InChI is InChI=1S/C29H28N4O2/c1-20-8-7-11-23(16-20)33-18-24(22-9-5-4-6-10-22)27-28(31-19-32-29(27)33)30-15-14-21-12-13-25(34-2)26(17-21)35-3/h4-13,16-19H,14-15H2,1-3H3,(H,30,31,32). The quantitative estimate of drug-likeness (QED) is 0.302. The molecule has 0 aliphatic heterocycles. The molecule has 0 radical (unpaired) electrons. The van der Waals surface area contributed by atoms with Crippen LogP contribution >= 0.6 is 0 Å². The molecular weight excluding hydrogens is 436 g/mol. The molecule has 0 amide bonds. The SMILES string of the molecule is COc1ccc(CCNc2ncnc3c2c(-c2ccccc2)cn3-c2cccc(C)c2)cc1OC. The highest BCUT2D eigenvalue weighted by Gasteiger charge is 2.17. The second kappa shape index (κ2) is 9.89. The lowest BCUT2D eigenvalue weighted by atomic mass is 10.1. The van der Waals surface area contributed by atoms with Gasteiger partial charge in [-0.15, -0.1) is 0 Å². The number of nitrogens with one attached hydrogen (secondary N) is 1. The van der Waals surface area contributed by atoms with Crippen LogP contribution in [0.5, 0.6) is 11.5 Å². The van der Waals surface area contributed by atoms with Crippen LogP contribution in [0.2, 0.25) is 0 Å². The van der Waals surface area contributed by atoms with Crippen molar-refractivity contribution in [1.82, 2.24) is 14.5 Å². The van der Waals surface area contributed by atoms with Gasteiger partial charge in [-0.05, 0) is 54.3 Å².